The van der Waals surface area contributed by atoms with Crippen LogP contribution in [-0.4, -0.2) is 108 Å². The number of nitriles is 1. The minimum atomic E-state index is -0.629. The highest BCUT2D eigenvalue weighted by Crippen LogP contribution is 2.48. The summed E-state index contributed by atoms with van der Waals surface area (Å²) in [6, 6.07) is 2.57. The number of anilines is 2. The summed E-state index contributed by atoms with van der Waals surface area (Å²) in [6.07, 6.45) is 7.46. The van der Waals surface area contributed by atoms with E-state index in [1.807, 2.05) is 0 Å². The van der Waals surface area contributed by atoms with Crippen molar-refractivity contribution in [1.82, 2.24) is 24.8 Å². The van der Waals surface area contributed by atoms with Crippen LogP contribution in [0.2, 0.25) is 0 Å². The number of methoxy groups -OCH3 is 1. The van der Waals surface area contributed by atoms with Gasteiger partial charge in [-0.3, -0.25) is 14.8 Å². The highest BCUT2D eigenvalue weighted by atomic mass is 32.1. The van der Waals surface area contributed by atoms with Crippen molar-refractivity contribution in [2.45, 2.75) is 81.6 Å². The van der Waals surface area contributed by atoms with Crippen LogP contribution in [0, 0.1) is 23.0 Å². The van der Waals surface area contributed by atoms with Gasteiger partial charge in [0.15, 0.2) is 11.6 Å². The Hall–Kier alpha value is -3.78. The van der Waals surface area contributed by atoms with E-state index in [1.54, 1.807) is 7.11 Å². The Kier molecular flexibility index (Phi) is 7.83. The normalized spacial score (nSPS) is 28.5. The zero-order valence-corrected chi connectivity index (χ0v) is 29.8. The van der Waals surface area contributed by atoms with E-state index in [2.05, 4.69) is 25.8 Å². The number of halogens is 2. The van der Waals surface area contributed by atoms with Crippen LogP contribution >= 0.6 is 11.3 Å². The van der Waals surface area contributed by atoms with Crippen molar-refractivity contribution < 1.29 is 27.7 Å². The number of hydrogen-bond donors (Lipinski definition) is 1. The fourth-order valence-corrected chi connectivity index (χ4v) is 10.8. The standard InChI is InChI=1S/C37H40F2N8O4S/c1-48-22-9-37(6-2-7-46(37)15-22)18-51-36-43-32-29(35(44-36)47-19-3-4-20(47)13-45(12-19)14-21-5-8-50-21)25-17-49-16-24(25)27(30(32)39)31-28-23(10-40)34(41)52-33(28)26(38)11-42-31/h11,19-22H,2-9,12-18,41H2,1H3/t19?,20?,21?,22?,37-/m0/s1. The monoisotopic (exact) mass is 730 g/mol. The van der Waals surface area contributed by atoms with E-state index in [1.165, 1.54) is 0 Å². The molecule has 1 aromatic carbocycles. The van der Waals surface area contributed by atoms with Gasteiger partial charge in [0.25, 0.3) is 0 Å². The summed E-state index contributed by atoms with van der Waals surface area (Å²) >= 11 is 0.958. The second-order valence-corrected chi connectivity index (χ2v) is 16.3. The van der Waals surface area contributed by atoms with Crippen molar-refractivity contribution >= 4 is 43.1 Å². The van der Waals surface area contributed by atoms with Crippen molar-refractivity contribution in [3.63, 3.8) is 0 Å². The average molecular weight is 731 g/mol. The van der Waals surface area contributed by atoms with Crippen molar-refractivity contribution in [3.8, 4) is 23.3 Å². The quantitative estimate of drug-likeness (QED) is 0.268. The minimum absolute atomic E-state index is 0.0783. The molecular weight excluding hydrogens is 691 g/mol. The van der Waals surface area contributed by atoms with E-state index >= 15 is 8.78 Å². The topological polar surface area (TPSA) is 135 Å². The van der Waals surface area contributed by atoms with Crippen LogP contribution in [0.15, 0.2) is 6.20 Å². The lowest BCUT2D eigenvalue weighted by atomic mass is 9.93. The number of nitrogen functional groups attached to an aromatic ring is 1. The maximum absolute atomic E-state index is 17.6. The van der Waals surface area contributed by atoms with Gasteiger partial charge in [-0.1, -0.05) is 0 Å². The van der Waals surface area contributed by atoms with Crippen molar-refractivity contribution in [3.05, 3.63) is 34.5 Å². The van der Waals surface area contributed by atoms with E-state index in [0.29, 0.717) is 23.4 Å². The summed E-state index contributed by atoms with van der Waals surface area (Å²) in [5, 5.41) is 11.0. The Labute approximate surface area is 303 Å². The zero-order chi connectivity index (χ0) is 35.3. The van der Waals surface area contributed by atoms with Crippen LogP contribution in [0.3, 0.4) is 0 Å². The third-order valence-electron chi connectivity index (χ3n) is 12.4. The molecular formula is C37H40F2N8O4S. The number of rotatable bonds is 8. The van der Waals surface area contributed by atoms with Gasteiger partial charge in [0, 0.05) is 62.9 Å². The summed E-state index contributed by atoms with van der Waals surface area (Å²) in [7, 11) is 1.75. The number of benzene rings is 1. The number of nitrogens with zero attached hydrogens (tertiary/aromatic N) is 7. The predicted molar refractivity (Wildman–Crippen MR) is 190 cm³/mol. The van der Waals surface area contributed by atoms with Gasteiger partial charge in [-0.25, -0.2) is 8.78 Å². The number of thiophene rings is 1. The van der Waals surface area contributed by atoms with Crippen molar-refractivity contribution in [1.29, 1.82) is 5.26 Å². The number of likely N-dealkylation sites (tertiary alicyclic amines) is 1. The van der Waals surface area contributed by atoms with Crippen LogP contribution in [0.25, 0.3) is 32.2 Å². The van der Waals surface area contributed by atoms with Crippen molar-refractivity contribution in [2.75, 3.05) is 63.7 Å². The summed E-state index contributed by atoms with van der Waals surface area (Å²) in [4.78, 5) is 21.7. The van der Waals surface area contributed by atoms with Gasteiger partial charge < -0.3 is 29.6 Å². The summed E-state index contributed by atoms with van der Waals surface area (Å²) in [5.74, 6) is -0.584. The summed E-state index contributed by atoms with van der Waals surface area (Å²) in [6.45, 7) is 6.01. The largest absolute Gasteiger partial charge is 0.461 e. The highest BCUT2D eigenvalue weighted by molar-refractivity contribution is 7.23. The van der Waals surface area contributed by atoms with Gasteiger partial charge in [-0.15, -0.1) is 11.3 Å². The van der Waals surface area contributed by atoms with Gasteiger partial charge in [0.05, 0.1) is 58.5 Å². The molecule has 4 unspecified atom stereocenters. The van der Waals surface area contributed by atoms with E-state index in [4.69, 9.17) is 34.6 Å². The molecule has 0 spiro atoms. The molecule has 2 bridgehead atoms. The lowest BCUT2D eigenvalue weighted by Gasteiger charge is -2.44. The Morgan fingerprint density at radius 2 is 1.92 bits per heavy atom. The molecule has 2 N–H and O–H groups in total. The smallest absolute Gasteiger partial charge is 0.319 e. The molecule has 6 aliphatic rings. The molecule has 5 atom stereocenters. The summed E-state index contributed by atoms with van der Waals surface area (Å²) in [5.41, 5.74) is 7.83. The fourth-order valence-electron chi connectivity index (χ4n) is 9.90. The third-order valence-corrected chi connectivity index (χ3v) is 13.5. The number of ether oxygens (including phenoxy) is 4. The van der Waals surface area contributed by atoms with Gasteiger partial charge in [-0.2, -0.15) is 15.2 Å². The van der Waals surface area contributed by atoms with Gasteiger partial charge in [-0.05, 0) is 56.2 Å². The molecule has 0 saturated carbocycles. The van der Waals surface area contributed by atoms with Crippen LogP contribution in [-0.2, 0) is 27.4 Å². The number of nitrogens with two attached hydrogens (primary N) is 1. The first-order chi connectivity index (χ1) is 25.4. The number of aromatic nitrogens is 3. The van der Waals surface area contributed by atoms with E-state index in [0.717, 1.165) is 101 Å². The molecule has 5 saturated heterocycles. The van der Waals surface area contributed by atoms with Crippen LogP contribution < -0.4 is 15.4 Å². The molecule has 6 aliphatic heterocycles. The number of piperazine rings is 1. The zero-order valence-electron chi connectivity index (χ0n) is 29.0. The molecule has 9 heterocycles. The van der Waals surface area contributed by atoms with Gasteiger partial charge >= 0.3 is 6.01 Å². The van der Waals surface area contributed by atoms with Crippen LogP contribution in [0.1, 0.15) is 55.2 Å². The maximum atomic E-state index is 17.6. The Balaban J connectivity index is 1.13. The Morgan fingerprint density at radius 3 is 2.67 bits per heavy atom. The Bertz CT molecular complexity index is 2140. The molecule has 0 amide bonds. The summed E-state index contributed by atoms with van der Waals surface area (Å²) < 4.78 is 57.0. The predicted octanol–water partition coefficient (Wildman–Crippen LogP) is 4.74. The molecule has 5 fully saturated rings. The van der Waals surface area contributed by atoms with Crippen LogP contribution in [0.4, 0.5) is 19.6 Å². The Morgan fingerprint density at radius 1 is 1.12 bits per heavy atom. The van der Waals surface area contributed by atoms with E-state index < -0.39 is 11.6 Å². The number of hydrogen-bond acceptors (Lipinski definition) is 13. The molecule has 15 heteroatoms. The fraction of sp³-hybridized carbons (Fsp3) is 0.568. The van der Waals surface area contributed by atoms with E-state index in [9.17, 15) is 5.26 Å². The first-order valence-electron chi connectivity index (χ1n) is 18.3. The first kappa shape index (κ1) is 32.8. The lowest BCUT2D eigenvalue weighted by molar-refractivity contribution is -0.0687. The number of pyridine rings is 1. The second kappa shape index (κ2) is 12.4. The number of fused-ring (bicyclic) bond motifs is 7. The van der Waals surface area contributed by atoms with Crippen molar-refractivity contribution in [2.24, 2.45) is 0 Å². The average Bonchev–Trinajstić information content (AvgIpc) is 3.94. The van der Waals surface area contributed by atoms with Gasteiger partial charge in [0.2, 0.25) is 0 Å². The SMILES string of the molecule is COC1CN2CCC[C@@]2(COc2nc(N3C4CCC3CN(CC3CCO3)C4)c3c4c(c(-c5ncc(F)c6sc(N)c(C#N)c56)c(F)c3n2)COC4)C1. The molecule has 0 aliphatic carbocycles. The molecule has 10 rings (SSSR count). The molecule has 272 valence electrons. The maximum Gasteiger partial charge on any atom is 0.319 e. The first-order valence-corrected chi connectivity index (χ1v) is 19.1. The lowest BCUT2D eigenvalue weighted by Crippen LogP contribution is -2.56. The minimum Gasteiger partial charge on any atom is -0.461 e. The highest BCUT2D eigenvalue weighted by Gasteiger charge is 2.50. The molecule has 52 heavy (non-hydrogen) atoms. The van der Waals surface area contributed by atoms with Gasteiger partial charge in [0.1, 0.15) is 29.0 Å². The third kappa shape index (κ3) is 4.95. The van der Waals surface area contributed by atoms with E-state index in [-0.39, 0.29) is 86.5 Å². The second-order valence-electron chi connectivity index (χ2n) is 15.2. The molecule has 0 radical (unpaired) electrons. The molecule has 3 aromatic heterocycles. The molecule has 4 aromatic rings. The molecule has 12 nitrogen and oxygen atoms in total. The van der Waals surface area contributed by atoms with Crippen LogP contribution in [0.5, 0.6) is 6.01 Å².